The Morgan fingerprint density at radius 2 is 1.44 bits per heavy atom. The van der Waals surface area contributed by atoms with Gasteiger partial charge in [0.15, 0.2) is 0 Å². The van der Waals surface area contributed by atoms with Crippen molar-refractivity contribution in [3.8, 4) is 0 Å². The molecule has 1 aliphatic rings. The van der Waals surface area contributed by atoms with E-state index in [0.717, 1.165) is 6.42 Å². The quantitative estimate of drug-likeness (QED) is 0.519. The second kappa shape index (κ2) is 8.01. The van der Waals surface area contributed by atoms with Gasteiger partial charge in [0.1, 0.15) is 0 Å². The predicted molar refractivity (Wildman–Crippen MR) is 80.7 cm³/mol. The monoisotopic (exact) mass is 254 g/mol. The normalized spacial score (nSPS) is 20.9. The van der Waals surface area contributed by atoms with Crippen molar-refractivity contribution >= 4 is 7.12 Å². The van der Waals surface area contributed by atoms with Gasteiger partial charge in [0.25, 0.3) is 0 Å². The SMILES string of the molecule is CC.CCCCC/C=C/B1OC(C)(C)C(C)(C)O1. The number of hydrogen-bond donors (Lipinski definition) is 0. The van der Waals surface area contributed by atoms with E-state index >= 15 is 0 Å². The maximum Gasteiger partial charge on any atom is 0.486 e. The molecule has 0 aromatic heterocycles. The van der Waals surface area contributed by atoms with Gasteiger partial charge in [-0.05, 0) is 40.5 Å². The fraction of sp³-hybridized carbons (Fsp3) is 0.867. The van der Waals surface area contributed by atoms with Crippen molar-refractivity contribution < 1.29 is 9.31 Å². The lowest BCUT2D eigenvalue weighted by Crippen LogP contribution is -2.41. The third-order valence-electron chi connectivity index (χ3n) is 3.54. The standard InChI is InChI=1S/C13H25BO2.C2H6/c1-6-7-8-9-10-11-14-15-12(2,3)13(4,5)16-14;1-2/h10-11H,6-9H2,1-5H3;1-2H3/b11-10+;. The molecule has 0 N–H and O–H groups in total. The van der Waals surface area contributed by atoms with E-state index in [1.807, 2.05) is 19.8 Å². The lowest BCUT2D eigenvalue weighted by Gasteiger charge is -2.32. The first kappa shape index (κ1) is 17.7. The molecule has 1 heterocycles. The molecule has 0 aromatic rings. The molecular weight excluding hydrogens is 223 g/mol. The van der Waals surface area contributed by atoms with Crippen LogP contribution in [-0.2, 0) is 9.31 Å². The minimum atomic E-state index is -0.217. The van der Waals surface area contributed by atoms with E-state index < -0.39 is 0 Å². The highest BCUT2D eigenvalue weighted by Crippen LogP contribution is 2.36. The van der Waals surface area contributed by atoms with E-state index in [2.05, 4.69) is 40.7 Å². The molecule has 0 unspecified atom stereocenters. The lowest BCUT2D eigenvalue weighted by atomic mass is 9.89. The van der Waals surface area contributed by atoms with Crippen LogP contribution < -0.4 is 0 Å². The predicted octanol–water partition coefficient (Wildman–Crippen LogP) is 4.78. The summed E-state index contributed by atoms with van der Waals surface area (Å²) in [4.78, 5) is 0. The largest absolute Gasteiger partial charge is 0.486 e. The summed E-state index contributed by atoms with van der Waals surface area (Å²) >= 11 is 0. The van der Waals surface area contributed by atoms with Crippen LogP contribution >= 0.6 is 0 Å². The van der Waals surface area contributed by atoms with Crippen LogP contribution in [0, 0.1) is 0 Å². The fourth-order valence-corrected chi connectivity index (χ4v) is 1.69. The Kier molecular flexibility index (Phi) is 7.89. The first-order valence-electron chi connectivity index (χ1n) is 7.41. The van der Waals surface area contributed by atoms with Crippen LogP contribution in [0.2, 0.25) is 0 Å². The Morgan fingerprint density at radius 1 is 0.944 bits per heavy atom. The molecule has 1 rings (SSSR count). The molecule has 18 heavy (non-hydrogen) atoms. The average Bonchev–Trinajstić information content (AvgIpc) is 2.50. The van der Waals surface area contributed by atoms with E-state index in [1.54, 1.807) is 0 Å². The van der Waals surface area contributed by atoms with Gasteiger partial charge < -0.3 is 9.31 Å². The van der Waals surface area contributed by atoms with Crippen LogP contribution in [0.15, 0.2) is 12.1 Å². The van der Waals surface area contributed by atoms with Gasteiger partial charge in [-0.3, -0.25) is 0 Å². The zero-order valence-electron chi connectivity index (χ0n) is 13.4. The van der Waals surface area contributed by atoms with Crippen LogP contribution in [-0.4, -0.2) is 18.3 Å². The summed E-state index contributed by atoms with van der Waals surface area (Å²) < 4.78 is 11.7. The molecule has 2 nitrogen and oxygen atoms in total. The van der Waals surface area contributed by atoms with Crippen molar-refractivity contribution in [2.24, 2.45) is 0 Å². The van der Waals surface area contributed by atoms with Gasteiger partial charge in [-0.15, -0.1) is 0 Å². The smallest absolute Gasteiger partial charge is 0.400 e. The molecule has 0 spiro atoms. The summed E-state index contributed by atoms with van der Waals surface area (Å²) in [6.45, 7) is 14.5. The number of rotatable bonds is 5. The fourth-order valence-electron chi connectivity index (χ4n) is 1.69. The first-order valence-corrected chi connectivity index (χ1v) is 7.41. The molecule has 0 aliphatic carbocycles. The molecule has 0 saturated carbocycles. The van der Waals surface area contributed by atoms with Crippen LogP contribution in [0.1, 0.15) is 74.1 Å². The van der Waals surface area contributed by atoms with Crippen LogP contribution in [0.3, 0.4) is 0 Å². The third-order valence-corrected chi connectivity index (χ3v) is 3.54. The van der Waals surface area contributed by atoms with Crippen molar-refractivity contribution in [3.05, 3.63) is 12.1 Å². The van der Waals surface area contributed by atoms with E-state index in [-0.39, 0.29) is 18.3 Å². The topological polar surface area (TPSA) is 18.5 Å². The Balaban J connectivity index is 0.00000137. The molecular formula is C15H31BO2. The highest BCUT2D eigenvalue weighted by molar-refractivity contribution is 6.51. The number of allylic oxidation sites excluding steroid dienone is 1. The first-order chi connectivity index (χ1) is 8.39. The van der Waals surface area contributed by atoms with Gasteiger partial charge in [0.05, 0.1) is 11.2 Å². The maximum absolute atomic E-state index is 5.86. The zero-order chi connectivity index (χ0) is 14.2. The minimum Gasteiger partial charge on any atom is -0.400 e. The summed E-state index contributed by atoms with van der Waals surface area (Å²) in [6, 6.07) is 0. The van der Waals surface area contributed by atoms with Gasteiger partial charge in [-0.2, -0.15) is 0 Å². The Labute approximate surface area is 114 Å². The molecule has 1 fully saturated rings. The molecule has 3 heteroatoms. The molecule has 1 aliphatic heterocycles. The highest BCUT2D eigenvalue weighted by atomic mass is 16.7. The van der Waals surface area contributed by atoms with Gasteiger partial charge in [-0.25, -0.2) is 0 Å². The summed E-state index contributed by atoms with van der Waals surface area (Å²) in [5, 5.41) is 0. The molecule has 0 atom stereocenters. The second-order valence-corrected chi connectivity index (χ2v) is 5.55. The van der Waals surface area contributed by atoms with Crippen molar-refractivity contribution in [1.82, 2.24) is 0 Å². The van der Waals surface area contributed by atoms with E-state index in [4.69, 9.17) is 9.31 Å². The van der Waals surface area contributed by atoms with Gasteiger partial charge in [0, 0.05) is 0 Å². The average molecular weight is 254 g/mol. The Bertz CT molecular complexity index is 231. The van der Waals surface area contributed by atoms with E-state index in [9.17, 15) is 0 Å². The number of hydrogen-bond acceptors (Lipinski definition) is 2. The van der Waals surface area contributed by atoms with Crippen LogP contribution in [0.4, 0.5) is 0 Å². The summed E-state index contributed by atoms with van der Waals surface area (Å²) in [7, 11) is -0.174. The minimum absolute atomic E-state index is 0.174. The van der Waals surface area contributed by atoms with Crippen molar-refractivity contribution in [3.63, 3.8) is 0 Å². The van der Waals surface area contributed by atoms with Crippen LogP contribution in [0.25, 0.3) is 0 Å². The summed E-state index contributed by atoms with van der Waals surface area (Å²) in [6.07, 6.45) is 7.13. The molecule has 106 valence electrons. The van der Waals surface area contributed by atoms with Crippen molar-refractivity contribution in [2.45, 2.75) is 85.4 Å². The van der Waals surface area contributed by atoms with Gasteiger partial charge in [-0.1, -0.05) is 45.7 Å². The summed E-state index contributed by atoms with van der Waals surface area (Å²) in [5.41, 5.74) is -0.434. The van der Waals surface area contributed by atoms with E-state index in [1.165, 1.54) is 19.3 Å². The lowest BCUT2D eigenvalue weighted by molar-refractivity contribution is 0.00578. The van der Waals surface area contributed by atoms with Gasteiger partial charge in [0.2, 0.25) is 0 Å². The van der Waals surface area contributed by atoms with Crippen molar-refractivity contribution in [2.75, 3.05) is 0 Å². The molecule has 0 radical (unpaired) electrons. The Hall–Kier alpha value is -0.275. The maximum atomic E-state index is 5.86. The third kappa shape index (κ3) is 5.15. The second-order valence-electron chi connectivity index (χ2n) is 5.55. The van der Waals surface area contributed by atoms with E-state index in [0.29, 0.717) is 0 Å². The number of unbranched alkanes of at least 4 members (excludes halogenated alkanes) is 3. The Morgan fingerprint density at radius 3 is 1.89 bits per heavy atom. The zero-order valence-corrected chi connectivity index (χ0v) is 13.4. The highest BCUT2D eigenvalue weighted by Gasteiger charge is 2.49. The molecule has 0 amide bonds. The molecule has 0 aromatic carbocycles. The molecule has 0 bridgehead atoms. The van der Waals surface area contributed by atoms with Gasteiger partial charge >= 0.3 is 7.12 Å². The van der Waals surface area contributed by atoms with Crippen LogP contribution in [0.5, 0.6) is 0 Å². The summed E-state index contributed by atoms with van der Waals surface area (Å²) in [5.74, 6) is 2.05. The van der Waals surface area contributed by atoms with Crippen molar-refractivity contribution in [1.29, 1.82) is 0 Å². The molecule has 1 saturated heterocycles.